The van der Waals surface area contributed by atoms with Crippen LogP contribution in [0.1, 0.15) is 24.5 Å². The van der Waals surface area contributed by atoms with E-state index in [2.05, 4.69) is 50.2 Å². The quantitative estimate of drug-likeness (QED) is 0.606. The lowest BCUT2D eigenvalue weighted by molar-refractivity contribution is 0.906. The molecular weight excluding hydrogens is 206 g/mol. The molecule has 0 spiro atoms. The molecule has 0 aliphatic carbocycles. The van der Waals surface area contributed by atoms with Gasteiger partial charge >= 0.3 is 0 Å². The number of nitrogens with zero attached hydrogens (tertiary/aromatic N) is 1. The molecule has 0 aromatic heterocycles. The van der Waals surface area contributed by atoms with Gasteiger partial charge in [-0.2, -0.15) is 0 Å². The molecule has 2 aromatic rings. The Bertz CT molecular complexity index is 570. The number of benzene rings is 2. The van der Waals surface area contributed by atoms with Gasteiger partial charge in [0.05, 0.1) is 11.4 Å². The molecule has 3 rings (SSSR count). The molecule has 0 saturated carbocycles. The van der Waals surface area contributed by atoms with E-state index in [-0.39, 0.29) is 0 Å². The Balaban J connectivity index is 2.20. The van der Waals surface area contributed by atoms with Crippen LogP contribution in [0.25, 0.3) is 11.1 Å². The Labute approximate surface area is 102 Å². The summed E-state index contributed by atoms with van der Waals surface area (Å²) in [6.07, 6.45) is 2.29. The SMILES string of the molecule is CCCc1c(C)ccc2c1[N]c1ccccc1-2. The zero-order valence-corrected chi connectivity index (χ0v) is 10.3. The summed E-state index contributed by atoms with van der Waals surface area (Å²) in [5.74, 6) is 0. The molecule has 0 amide bonds. The Morgan fingerprint density at radius 2 is 1.82 bits per heavy atom. The summed E-state index contributed by atoms with van der Waals surface area (Å²) in [4.78, 5) is 0. The van der Waals surface area contributed by atoms with E-state index in [0.29, 0.717) is 0 Å². The van der Waals surface area contributed by atoms with Crippen molar-refractivity contribution < 1.29 is 0 Å². The molecule has 1 heterocycles. The Morgan fingerprint density at radius 3 is 2.65 bits per heavy atom. The predicted octanol–water partition coefficient (Wildman–Crippen LogP) is 4.50. The second-order valence-corrected chi connectivity index (χ2v) is 4.64. The minimum atomic E-state index is 1.12. The van der Waals surface area contributed by atoms with Crippen molar-refractivity contribution >= 4 is 11.4 Å². The van der Waals surface area contributed by atoms with Crippen LogP contribution in [0.4, 0.5) is 11.4 Å². The van der Waals surface area contributed by atoms with E-state index in [1.165, 1.54) is 34.4 Å². The Kier molecular flexibility index (Phi) is 2.40. The van der Waals surface area contributed by atoms with Crippen molar-refractivity contribution in [2.75, 3.05) is 0 Å². The first-order valence-corrected chi connectivity index (χ1v) is 6.25. The molecule has 0 unspecified atom stereocenters. The van der Waals surface area contributed by atoms with Gasteiger partial charge < -0.3 is 0 Å². The van der Waals surface area contributed by atoms with Gasteiger partial charge in [-0.3, -0.25) is 0 Å². The fraction of sp³-hybridized carbons (Fsp3) is 0.250. The van der Waals surface area contributed by atoms with E-state index < -0.39 is 0 Å². The van der Waals surface area contributed by atoms with Gasteiger partial charge in [-0.1, -0.05) is 43.7 Å². The normalized spacial score (nSPS) is 11.9. The monoisotopic (exact) mass is 222 g/mol. The average Bonchev–Trinajstić information content (AvgIpc) is 2.72. The van der Waals surface area contributed by atoms with Crippen LogP contribution in [0.3, 0.4) is 0 Å². The van der Waals surface area contributed by atoms with Crippen molar-refractivity contribution in [1.29, 1.82) is 0 Å². The molecule has 17 heavy (non-hydrogen) atoms. The number of hydrogen-bond donors (Lipinski definition) is 0. The minimum absolute atomic E-state index is 1.12. The number of hydrogen-bond acceptors (Lipinski definition) is 0. The smallest absolute Gasteiger partial charge is 0.0750 e. The largest absolute Gasteiger partial charge is 0.247 e. The van der Waals surface area contributed by atoms with Crippen LogP contribution >= 0.6 is 0 Å². The summed E-state index contributed by atoms with van der Waals surface area (Å²) in [6.45, 7) is 4.41. The van der Waals surface area contributed by atoms with E-state index in [1.807, 2.05) is 0 Å². The third-order valence-corrected chi connectivity index (χ3v) is 3.44. The van der Waals surface area contributed by atoms with E-state index in [9.17, 15) is 0 Å². The second-order valence-electron chi connectivity index (χ2n) is 4.64. The molecule has 1 nitrogen and oxygen atoms in total. The number of fused-ring (bicyclic) bond motifs is 3. The van der Waals surface area contributed by atoms with Crippen molar-refractivity contribution in [1.82, 2.24) is 5.32 Å². The summed E-state index contributed by atoms with van der Waals surface area (Å²) >= 11 is 0. The van der Waals surface area contributed by atoms with Crippen LogP contribution in [0.2, 0.25) is 0 Å². The van der Waals surface area contributed by atoms with Crippen LogP contribution in [-0.4, -0.2) is 0 Å². The number of rotatable bonds is 2. The molecular formula is C16H16N. The van der Waals surface area contributed by atoms with Crippen LogP contribution < -0.4 is 5.32 Å². The lowest BCUT2D eigenvalue weighted by atomic mass is 9.97. The van der Waals surface area contributed by atoms with Crippen LogP contribution in [0.15, 0.2) is 36.4 Å². The van der Waals surface area contributed by atoms with Crippen molar-refractivity contribution in [3.8, 4) is 11.1 Å². The molecule has 85 valence electrons. The molecule has 1 radical (unpaired) electrons. The maximum Gasteiger partial charge on any atom is 0.0750 e. The standard InChI is InChI=1S/C16H16N/c1-3-6-12-11(2)9-10-14-13-7-4-5-8-15(13)17-16(12)14/h4-5,7-10H,3,6H2,1-2H3. The highest BCUT2D eigenvalue weighted by molar-refractivity contribution is 5.92. The zero-order chi connectivity index (χ0) is 11.8. The van der Waals surface area contributed by atoms with Gasteiger partial charge in [0.15, 0.2) is 0 Å². The maximum atomic E-state index is 4.79. The van der Waals surface area contributed by atoms with Crippen molar-refractivity contribution in [3.63, 3.8) is 0 Å². The molecule has 1 heteroatoms. The second kappa shape index (κ2) is 3.92. The highest BCUT2D eigenvalue weighted by atomic mass is 14.9. The highest BCUT2D eigenvalue weighted by Crippen LogP contribution is 2.45. The lowest BCUT2D eigenvalue weighted by Crippen LogP contribution is -1.94. The topological polar surface area (TPSA) is 14.1 Å². The molecule has 0 atom stereocenters. The fourth-order valence-corrected chi connectivity index (χ4v) is 2.57. The van der Waals surface area contributed by atoms with E-state index in [0.717, 1.165) is 12.1 Å². The van der Waals surface area contributed by atoms with E-state index in [1.54, 1.807) is 0 Å². The highest BCUT2D eigenvalue weighted by Gasteiger charge is 2.22. The first-order valence-electron chi connectivity index (χ1n) is 6.25. The third kappa shape index (κ3) is 1.54. The molecule has 0 bridgehead atoms. The zero-order valence-electron chi connectivity index (χ0n) is 10.3. The molecule has 0 fully saturated rings. The van der Waals surface area contributed by atoms with E-state index in [4.69, 9.17) is 5.32 Å². The molecule has 2 aromatic carbocycles. The number of aryl methyl sites for hydroxylation is 1. The van der Waals surface area contributed by atoms with Crippen LogP contribution in [-0.2, 0) is 6.42 Å². The van der Waals surface area contributed by atoms with Gasteiger partial charge in [0.1, 0.15) is 0 Å². The molecule has 0 N–H and O–H groups in total. The number of para-hydroxylation sites is 1. The average molecular weight is 222 g/mol. The lowest BCUT2D eigenvalue weighted by Gasteiger charge is -2.09. The van der Waals surface area contributed by atoms with Crippen LogP contribution in [0, 0.1) is 6.92 Å². The first kappa shape index (κ1) is 10.4. The summed E-state index contributed by atoms with van der Waals surface area (Å²) in [5, 5.41) is 4.79. The van der Waals surface area contributed by atoms with Crippen molar-refractivity contribution in [2.24, 2.45) is 0 Å². The maximum absolute atomic E-state index is 4.79. The van der Waals surface area contributed by atoms with Gasteiger partial charge in [-0.05, 0) is 30.5 Å². The van der Waals surface area contributed by atoms with Gasteiger partial charge in [-0.15, -0.1) is 0 Å². The first-order chi connectivity index (χ1) is 8.31. The van der Waals surface area contributed by atoms with Gasteiger partial charge in [0.25, 0.3) is 0 Å². The summed E-state index contributed by atoms with van der Waals surface area (Å²) in [7, 11) is 0. The summed E-state index contributed by atoms with van der Waals surface area (Å²) in [6, 6.07) is 12.8. The van der Waals surface area contributed by atoms with Crippen LogP contribution in [0.5, 0.6) is 0 Å². The fourth-order valence-electron chi connectivity index (χ4n) is 2.57. The molecule has 0 saturated heterocycles. The van der Waals surface area contributed by atoms with Crippen molar-refractivity contribution in [2.45, 2.75) is 26.7 Å². The summed E-state index contributed by atoms with van der Waals surface area (Å²) < 4.78 is 0. The molecule has 1 aliphatic rings. The van der Waals surface area contributed by atoms with E-state index >= 15 is 0 Å². The van der Waals surface area contributed by atoms with Gasteiger partial charge in [-0.25, -0.2) is 5.32 Å². The van der Waals surface area contributed by atoms with Crippen molar-refractivity contribution in [3.05, 3.63) is 47.5 Å². The minimum Gasteiger partial charge on any atom is -0.247 e. The Hall–Kier alpha value is -1.76. The Morgan fingerprint density at radius 1 is 1.00 bits per heavy atom. The molecule has 1 aliphatic heterocycles. The van der Waals surface area contributed by atoms with Gasteiger partial charge in [0, 0.05) is 11.1 Å². The van der Waals surface area contributed by atoms with Gasteiger partial charge in [0.2, 0.25) is 0 Å². The third-order valence-electron chi connectivity index (χ3n) is 3.44. The summed E-state index contributed by atoms with van der Waals surface area (Å²) in [5.41, 5.74) is 7.68. The predicted molar refractivity (Wildman–Crippen MR) is 72.1 cm³/mol.